The summed E-state index contributed by atoms with van der Waals surface area (Å²) in [5.74, 6) is 0.564. The molecule has 146 valence electrons. The minimum absolute atomic E-state index is 0.180. The van der Waals surface area contributed by atoms with E-state index >= 15 is 0 Å². The van der Waals surface area contributed by atoms with Crippen molar-refractivity contribution in [2.45, 2.75) is 39.2 Å². The highest BCUT2D eigenvalue weighted by molar-refractivity contribution is 5.82. The van der Waals surface area contributed by atoms with Gasteiger partial charge in [-0.25, -0.2) is 4.79 Å². The van der Waals surface area contributed by atoms with Gasteiger partial charge in [-0.05, 0) is 43.5 Å². The van der Waals surface area contributed by atoms with Crippen LogP contribution in [0.15, 0.2) is 63.8 Å². The summed E-state index contributed by atoms with van der Waals surface area (Å²) in [4.78, 5) is 24.0. The number of nitrogens with one attached hydrogen (secondary N) is 1. The van der Waals surface area contributed by atoms with Crippen LogP contribution in [-0.4, -0.2) is 18.6 Å². The predicted molar refractivity (Wildman–Crippen MR) is 110 cm³/mol. The Morgan fingerprint density at radius 3 is 2.61 bits per heavy atom. The number of rotatable bonds is 7. The van der Waals surface area contributed by atoms with Crippen molar-refractivity contribution in [3.8, 4) is 5.75 Å². The molecule has 0 unspecified atom stereocenters. The molecule has 0 saturated heterocycles. The zero-order valence-electron chi connectivity index (χ0n) is 16.4. The smallest absolute Gasteiger partial charge is 0.336 e. The zero-order chi connectivity index (χ0) is 20.1. The number of carbonyl (C=O) groups excluding carboxylic acids is 1. The van der Waals surface area contributed by atoms with Crippen LogP contribution in [0.5, 0.6) is 5.75 Å². The SMILES string of the molecule is CC[C@@H](CNC(=O)[C@@H](C)Oc1ccc2c(C)cc(=O)oc2c1)c1ccccc1. The van der Waals surface area contributed by atoms with E-state index in [1.807, 2.05) is 31.2 Å². The Morgan fingerprint density at radius 2 is 1.89 bits per heavy atom. The van der Waals surface area contributed by atoms with E-state index in [2.05, 4.69) is 24.4 Å². The number of fused-ring (bicyclic) bond motifs is 1. The van der Waals surface area contributed by atoms with Crippen LogP contribution >= 0.6 is 0 Å². The summed E-state index contributed by atoms with van der Waals surface area (Å²) < 4.78 is 11.0. The average molecular weight is 379 g/mol. The van der Waals surface area contributed by atoms with Crippen LogP contribution in [0.2, 0.25) is 0 Å². The van der Waals surface area contributed by atoms with E-state index in [4.69, 9.17) is 9.15 Å². The van der Waals surface area contributed by atoms with E-state index in [0.29, 0.717) is 17.9 Å². The molecule has 0 aliphatic carbocycles. The van der Waals surface area contributed by atoms with Crippen molar-refractivity contribution in [2.75, 3.05) is 6.54 Å². The molecule has 28 heavy (non-hydrogen) atoms. The third-order valence-electron chi connectivity index (χ3n) is 4.89. The van der Waals surface area contributed by atoms with Gasteiger partial charge in [0.2, 0.25) is 0 Å². The molecule has 3 rings (SSSR count). The van der Waals surface area contributed by atoms with Gasteiger partial charge in [-0.3, -0.25) is 4.79 Å². The number of amides is 1. The number of hydrogen-bond acceptors (Lipinski definition) is 4. The average Bonchev–Trinajstić information content (AvgIpc) is 2.68. The van der Waals surface area contributed by atoms with Gasteiger partial charge in [0.15, 0.2) is 6.10 Å². The topological polar surface area (TPSA) is 68.5 Å². The number of aryl methyl sites for hydroxylation is 1. The van der Waals surface area contributed by atoms with Crippen LogP contribution in [0.25, 0.3) is 11.0 Å². The molecule has 1 N–H and O–H groups in total. The third-order valence-corrected chi connectivity index (χ3v) is 4.89. The van der Waals surface area contributed by atoms with Gasteiger partial charge in [0.25, 0.3) is 5.91 Å². The normalized spacial score (nSPS) is 13.1. The highest BCUT2D eigenvalue weighted by atomic mass is 16.5. The van der Waals surface area contributed by atoms with Crippen molar-refractivity contribution < 1.29 is 13.9 Å². The fourth-order valence-corrected chi connectivity index (χ4v) is 3.23. The first-order chi connectivity index (χ1) is 13.5. The van der Waals surface area contributed by atoms with Crippen LogP contribution in [0, 0.1) is 6.92 Å². The third kappa shape index (κ3) is 4.60. The molecule has 2 aromatic carbocycles. The van der Waals surface area contributed by atoms with Gasteiger partial charge < -0.3 is 14.5 Å². The maximum Gasteiger partial charge on any atom is 0.336 e. The van der Waals surface area contributed by atoms with Crippen molar-refractivity contribution in [1.82, 2.24) is 5.32 Å². The Bertz CT molecular complexity index is 1010. The van der Waals surface area contributed by atoms with Crippen LogP contribution in [0.3, 0.4) is 0 Å². The van der Waals surface area contributed by atoms with Gasteiger partial charge in [-0.1, -0.05) is 37.3 Å². The van der Waals surface area contributed by atoms with Crippen molar-refractivity contribution in [3.63, 3.8) is 0 Å². The molecule has 1 heterocycles. The summed E-state index contributed by atoms with van der Waals surface area (Å²) in [7, 11) is 0. The first kappa shape index (κ1) is 19.7. The molecule has 0 aliphatic heterocycles. The largest absolute Gasteiger partial charge is 0.481 e. The molecule has 0 radical (unpaired) electrons. The van der Waals surface area contributed by atoms with Crippen molar-refractivity contribution in [1.29, 1.82) is 0 Å². The van der Waals surface area contributed by atoms with Crippen LogP contribution in [-0.2, 0) is 4.79 Å². The van der Waals surface area contributed by atoms with Crippen molar-refractivity contribution >= 4 is 16.9 Å². The van der Waals surface area contributed by atoms with Gasteiger partial charge in [0, 0.05) is 30.0 Å². The molecule has 1 amide bonds. The highest BCUT2D eigenvalue weighted by Crippen LogP contribution is 2.23. The molecule has 5 nitrogen and oxygen atoms in total. The van der Waals surface area contributed by atoms with Gasteiger partial charge in [0.1, 0.15) is 11.3 Å². The van der Waals surface area contributed by atoms with Crippen molar-refractivity contribution in [2.24, 2.45) is 0 Å². The molecular formula is C23H25NO4. The minimum atomic E-state index is -0.665. The standard InChI is InChI=1S/C23H25NO4/c1-4-17(18-8-6-5-7-9-18)14-24-23(26)16(3)27-19-10-11-20-15(2)12-22(25)28-21(20)13-19/h5-13,16-17H,4,14H2,1-3H3,(H,24,26)/t16-,17+/m1/s1. The van der Waals surface area contributed by atoms with E-state index in [1.165, 1.54) is 11.6 Å². The monoisotopic (exact) mass is 379 g/mol. The Morgan fingerprint density at radius 1 is 1.14 bits per heavy atom. The van der Waals surface area contributed by atoms with E-state index in [-0.39, 0.29) is 11.8 Å². The Kier molecular flexibility index (Phi) is 6.14. The summed E-state index contributed by atoms with van der Waals surface area (Å²) in [5, 5.41) is 3.82. The fourth-order valence-electron chi connectivity index (χ4n) is 3.23. The summed E-state index contributed by atoms with van der Waals surface area (Å²) in [5.41, 5.74) is 2.10. The summed E-state index contributed by atoms with van der Waals surface area (Å²) >= 11 is 0. The number of hydrogen-bond donors (Lipinski definition) is 1. The van der Waals surface area contributed by atoms with Gasteiger partial charge in [0.05, 0.1) is 0 Å². The summed E-state index contributed by atoms with van der Waals surface area (Å²) in [6.07, 6.45) is 0.269. The minimum Gasteiger partial charge on any atom is -0.481 e. The second-order valence-corrected chi connectivity index (χ2v) is 6.93. The van der Waals surface area contributed by atoms with Gasteiger partial charge >= 0.3 is 5.63 Å². The molecule has 0 fully saturated rings. The summed E-state index contributed by atoms with van der Waals surface area (Å²) in [6, 6.07) is 16.8. The molecule has 1 aromatic heterocycles. The molecule has 0 saturated carbocycles. The first-order valence-electron chi connectivity index (χ1n) is 9.51. The van der Waals surface area contributed by atoms with E-state index in [9.17, 15) is 9.59 Å². The Balaban J connectivity index is 1.64. The lowest BCUT2D eigenvalue weighted by Crippen LogP contribution is -2.38. The molecule has 0 bridgehead atoms. The molecule has 2 atom stereocenters. The predicted octanol–water partition coefficient (Wildman–Crippen LogP) is 4.18. The van der Waals surface area contributed by atoms with Crippen molar-refractivity contribution in [3.05, 3.63) is 76.1 Å². The van der Waals surface area contributed by atoms with Crippen LogP contribution < -0.4 is 15.7 Å². The van der Waals surface area contributed by atoms with Crippen LogP contribution in [0.4, 0.5) is 0 Å². The van der Waals surface area contributed by atoms with E-state index < -0.39 is 11.7 Å². The van der Waals surface area contributed by atoms with Crippen LogP contribution in [0.1, 0.15) is 37.3 Å². The van der Waals surface area contributed by atoms with E-state index in [1.54, 1.807) is 19.1 Å². The molecular weight excluding hydrogens is 354 g/mol. The molecule has 0 spiro atoms. The molecule has 3 aromatic rings. The maximum absolute atomic E-state index is 12.5. The Hall–Kier alpha value is -3.08. The van der Waals surface area contributed by atoms with E-state index in [0.717, 1.165) is 17.4 Å². The quantitative estimate of drug-likeness (QED) is 0.625. The number of ether oxygens (including phenoxy) is 1. The number of carbonyl (C=O) groups is 1. The Labute approximate surface area is 164 Å². The lowest BCUT2D eigenvalue weighted by Gasteiger charge is -2.19. The van der Waals surface area contributed by atoms with Gasteiger partial charge in [-0.15, -0.1) is 0 Å². The zero-order valence-corrected chi connectivity index (χ0v) is 16.4. The first-order valence-corrected chi connectivity index (χ1v) is 9.51. The highest BCUT2D eigenvalue weighted by Gasteiger charge is 2.17. The lowest BCUT2D eigenvalue weighted by atomic mass is 9.96. The maximum atomic E-state index is 12.5. The lowest BCUT2D eigenvalue weighted by molar-refractivity contribution is -0.127. The van der Waals surface area contributed by atoms with Gasteiger partial charge in [-0.2, -0.15) is 0 Å². The second kappa shape index (κ2) is 8.74. The molecule has 5 heteroatoms. The summed E-state index contributed by atoms with van der Waals surface area (Å²) in [6.45, 7) is 6.22. The second-order valence-electron chi connectivity index (χ2n) is 6.93. The molecule has 0 aliphatic rings. The number of benzene rings is 2. The fraction of sp³-hybridized carbons (Fsp3) is 0.304.